The highest BCUT2D eigenvalue weighted by Crippen LogP contribution is 2.34. The minimum Gasteiger partial charge on any atom is -0.469 e. The number of alkyl halides is 3. The van der Waals surface area contributed by atoms with Crippen LogP contribution in [0.3, 0.4) is 0 Å². The summed E-state index contributed by atoms with van der Waals surface area (Å²) in [5.74, 6) is -1.76. The van der Waals surface area contributed by atoms with Gasteiger partial charge in [0.05, 0.1) is 13.5 Å². The molecule has 1 aromatic rings. The van der Waals surface area contributed by atoms with Crippen LogP contribution in [0.2, 0.25) is 0 Å². The third-order valence-corrected chi connectivity index (χ3v) is 1.75. The number of carbonyl (C=O) groups is 1. The monoisotopic (exact) mass is 222 g/mol. The highest BCUT2D eigenvalue weighted by Gasteiger charge is 2.38. The Hall–Kier alpha value is -1.46. The first kappa shape index (κ1) is 11.6. The highest BCUT2D eigenvalue weighted by molar-refractivity contribution is 5.72. The summed E-state index contributed by atoms with van der Waals surface area (Å²) >= 11 is 0. The molecule has 1 heterocycles. The summed E-state index contributed by atoms with van der Waals surface area (Å²) < 4.78 is 45.9. The zero-order valence-electron chi connectivity index (χ0n) is 8.14. The molecule has 0 bridgehead atoms. The highest BCUT2D eigenvalue weighted by atomic mass is 19.4. The third kappa shape index (κ3) is 2.74. The van der Waals surface area contributed by atoms with Gasteiger partial charge in [-0.1, -0.05) is 0 Å². The van der Waals surface area contributed by atoms with Crippen LogP contribution in [0, 0.1) is 6.92 Å². The van der Waals surface area contributed by atoms with Crippen molar-refractivity contribution in [2.45, 2.75) is 19.5 Å². The first-order valence-electron chi connectivity index (χ1n) is 4.08. The molecule has 0 spiro atoms. The van der Waals surface area contributed by atoms with Crippen molar-refractivity contribution in [1.82, 2.24) is 0 Å². The minimum absolute atomic E-state index is 0.112. The van der Waals surface area contributed by atoms with Crippen LogP contribution in [0.5, 0.6) is 0 Å². The summed E-state index contributed by atoms with van der Waals surface area (Å²) in [6.07, 6.45) is -5.03. The maximum absolute atomic E-state index is 12.4. The van der Waals surface area contributed by atoms with E-state index in [4.69, 9.17) is 0 Å². The molecule has 84 valence electrons. The Morgan fingerprint density at radius 2 is 2.13 bits per heavy atom. The Bertz CT molecular complexity index is 365. The van der Waals surface area contributed by atoms with Gasteiger partial charge in [-0.3, -0.25) is 4.79 Å². The van der Waals surface area contributed by atoms with Gasteiger partial charge in [0.2, 0.25) is 5.76 Å². The average molecular weight is 222 g/mol. The molecule has 0 saturated heterocycles. The average Bonchev–Trinajstić information content (AvgIpc) is 2.45. The number of hydrogen-bond acceptors (Lipinski definition) is 3. The molecule has 6 heteroatoms. The fraction of sp³-hybridized carbons (Fsp3) is 0.444. The first-order valence-corrected chi connectivity index (χ1v) is 4.08. The minimum atomic E-state index is -4.59. The van der Waals surface area contributed by atoms with Crippen molar-refractivity contribution < 1.29 is 27.1 Å². The number of aryl methyl sites for hydroxylation is 1. The Labute approximate surface area is 83.8 Å². The Balaban J connectivity index is 3.02. The van der Waals surface area contributed by atoms with E-state index in [9.17, 15) is 18.0 Å². The van der Waals surface area contributed by atoms with Crippen molar-refractivity contribution in [3.8, 4) is 0 Å². The van der Waals surface area contributed by atoms with Crippen LogP contribution in [0.1, 0.15) is 17.1 Å². The first-order chi connectivity index (χ1) is 6.84. The molecule has 15 heavy (non-hydrogen) atoms. The van der Waals surface area contributed by atoms with Crippen molar-refractivity contribution in [2.24, 2.45) is 0 Å². The van der Waals surface area contributed by atoms with Crippen molar-refractivity contribution >= 4 is 5.97 Å². The number of hydrogen-bond donors (Lipinski definition) is 0. The normalized spacial score (nSPS) is 11.5. The van der Waals surface area contributed by atoms with E-state index in [1.54, 1.807) is 0 Å². The van der Waals surface area contributed by atoms with E-state index in [-0.39, 0.29) is 11.3 Å². The largest absolute Gasteiger partial charge is 0.469 e. The summed E-state index contributed by atoms with van der Waals surface area (Å²) in [4.78, 5) is 10.8. The van der Waals surface area contributed by atoms with Crippen LogP contribution in [-0.4, -0.2) is 13.1 Å². The van der Waals surface area contributed by atoms with E-state index >= 15 is 0 Å². The lowest BCUT2D eigenvalue weighted by Gasteiger charge is -2.04. The fourth-order valence-corrected chi connectivity index (χ4v) is 1.17. The van der Waals surface area contributed by atoms with Gasteiger partial charge in [-0.2, -0.15) is 13.2 Å². The van der Waals surface area contributed by atoms with Gasteiger partial charge >= 0.3 is 12.1 Å². The quantitative estimate of drug-likeness (QED) is 0.721. The number of ether oxygens (including phenoxy) is 1. The van der Waals surface area contributed by atoms with E-state index in [0.717, 1.165) is 7.11 Å². The molecule has 0 atom stereocenters. The lowest BCUT2D eigenvalue weighted by molar-refractivity contribution is -0.154. The molecule has 1 aromatic heterocycles. The lowest BCUT2D eigenvalue weighted by Crippen LogP contribution is -2.11. The molecule has 0 radical (unpaired) electrons. The van der Waals surface area contributed by atoms with E-state index in [1.165, 1.54) is 13.0 Å². The fourth-order valence-electron chi connectivity index (χ4n) is 1.17. The maximum atomic E-state index is 12.4. The van der Waals surface area contributed by atoms with Crippen LogP contribution in [0.4, 0.5) is 13.2 Å². The van der Waals surface area contributed by atoms with Gasteiger partial charge in [-0.15, -0.1) is 0 Å². The van der Waals surface area contributed by atoms with Crippen molar-refractivity contribution in [1.29, 1.82) is 0 Å². The molecule has 0 unspecified atom stereocenters. The standard InChI is InChI=1S/C9H9F3O3/c1-5-3-6(4-7(13)14-2)8(15-5)9(10,11)12/h3H,4H2,1-2H3. The van der Waals surface area contributed by atoms with Gasteiger partial charge in [0.15, 0.2) is 0 Å². The van der Waals surface area contributed by atoms with Crippen LogP contribution < -0.4 is 0 Å². The topological polar surface area (TPSA) is 39.4 Å². The van der Waals surface area contributed by atoms with Crippen LogP contribution in [0.15, 0.2) is 10.5 Å². The second-order valence-electron chi connectivity index (χ2n) is 2.96. The van der Waals surface area contributed by atoms with E-state index in [0.29, 0.717) is 0 Å². The summed E-state index contributed by atoms with van der Waals surface area (Å²) in [5.41, 5.74) is -0.202. The molecule has 0 saturated carbocycles. The Morgan fingerprint density at radius 1 is 1.53 bits per heavy atom. The SMILES string of the molecule is COC(=O)Cc1cc(C)oc1C(F)(F)F. The van der Waals surface area contributed by atoms with E-state index in [2.05, 4.69) is 9.15 Å². The smallest absolute Gasteiger partial charge is 0.449 e. The van der Waals surface area contributed by atoms with Gasteiger partial charge in [-0.05, 0) is 13.0 Å². The zero-order valence-corrected chi connectivity index (χ0v) is 8.14. The zero-order chi connectivity index (χ0) is 11.6. The summed E-state index contributed by atoms with van der Waals surface area (Å²) in [6.45, 7) is 1.38. The number of methoxy groups -OCH3 is 1. The van der Waals surface area contributed by atoms with Crippen molar-refractivity contribution in [2.75, 3.05) is 7.11 Å². The van der Waals surface area contributed by atoms with Gasteiger partial charge in [0, 0.05) is 5.56 Å². The summed E-state index contributed by atoms with van der Waals surface area (Å²) in [6, 6.07) is 1.18. The number of rotatable bonds is 2. The maximum Gasteiger partial charge on any atom is 0.449 e. The number of carbonyl (C=O) groups excluding carboxylic acids is 1. The molecule has 0 fully saturated rings. The summed E-state index contributed by atoms with van der Waals surface area (Å²) in [7, 11) is 1.11. The molecule has 0 N–H and O–H groups in total. The molecular weight excluding hydrogens is 213 g/mol. The predicted molar refractivity (Wildman–Crippen MR) is 44.2 cm³/mol. The van der Waals surface area contributed by atoms with Crippen LogP contribution in [-0.2, 0) is 22.1 Å². The number of esters is 1. The van der Waals surface area contributed by atoms with Crippen molar-refractivity contribution in [3.05, 3.63) is 23.2 Å². The van der Waals surface area contributed by atoms with E-state index < -0.39 is 24.3 Å². The van der Waals surface area contributed by atoms with Crippen LogP contribution >= 0.6 is 0 Å². The van der Waals surface area contributed by atoms with Gasteiger partial charge in [0.25, 0.3) is 0 Å². The predicted octanol–water partition coefficient (Wildman–Crippen LogP) is 2.32. The molecular formula is C9H9F3O3. The molecule has 0 aliphatic heterocycles. The van der Waals surface area contributed by atoms with Gasteiger partial charge in [-0.25, -0.2) is 0 Å². The second-order valence-corrected chi connectivity index (χ2v) is 2.96. The Morgan fingerprint density at radius 3 is 2.60 bits per heavy atom. The molecule has 0 aromatic carbocycles. The van der Waals surface area contributed by atoms with Crippen LogP contribution in [0.25, 0.3) is 0 Å². The lowest BCUT2D eigenvalue weighted by atomic mass is 10.1. The molecule has 0 amide bonds. The molecule has 0 aliphatic carbocycles. The van der Waals surface area contributed by atoms with Crippen molar-refractivity contribution in [3.63, 3.8) is 0 Å². The second kappa shape index (κ2) is 3.96. The Kier molecular flexibility index (Phi) is 3.06. The summed E-state index contributed by atoms with van der Waals surface area (Å²) in [5, 5.41) is 0. The number of halogens is 3. The number of furan rings is 1. The third-order valence-electron chi connectivity index (χ3n) is 1.75. The molecule has 1 rings (SSSR count). The molecule has 0 aliphatic rings. The van der Waals surface area contributed by atoms with E-state index in [1.807, 2.05) is 0 Å². The van der Waals surface area contributed by atoms with Gasteiger partial charge < -0.3 is 9.15 Å². The van der Waals surface area contributed by atoms with Gasteiger partial charge in [0.1, 0.15) is 5.76 Å². The molecule has 3 nitrogen and oxygen atoms in total.